The fourth-order valence-electron chi connectivity index (χ4n) is 3.55. The van der Waals surface area contributed by atoms with E-state index in [0.717, 1.165) is 21.7 Å². The average Bonchev–Trinajstić information content (AvgIpc) is 2.70. The monoisotopic (exact) mass is 493 g/mol. The summed E-state index contributed by atoms with van der Waals surface area (Å²) in [7, 11) is -3.79. The van der Waals surface area contributed by atoms with E-state index in [4.69, 9.17) is 11.6 Å². The van der Waals surface area contributed by atoms with Crippen LogP contribution in [0.5, 0.6) is 0 Å². The quantitative estimate of drug-likeness (QED) is 0.546. The van der Waals surface area contributed by atoms with Crippen LogP contribution < -0.4 is 9.62 Å². The van der Waals surface area contributed by atoms with Crippen LogP contribution in [0, 0.1) is 6.92 Å². The highest BCUT2D eigenvalue weighted by Crippen LogP contribution is 2.23. The van der Waals surface area contributed by atoms with Crippen LogP contribution in [-0.4, -0.2) is 50.0 Å². The van der Waals surface area contributed by atoms with Crippen LogP contribution in [0.15, 0.2) is 48.5 Å². The summed E-state index contributed by atoms with van der Waals surface area (Å²) in [4.78, 5) is 27.9. The summed E-state index contributed by atoms with van der Waals surface area (Å²) in [6.07, 6.45) is 1.42. The number of anilines is 1. The molecule has 0 aliphatic rings. The molecule has 33 heavy (non-hydrogen) atoms. The van der Waals surface area contributed by atoms with Gasteiger partial charge in [0, 0.05) is 17.6 Å². The first-order valence-electron chi connectivity index (χ1n) is 10.8. The lowest BCUT2D eigenvalue weighted by Gasteiger charge is -2.33. The first kappa shape index (κ1) is 26.7. The Hall–Kier alpha value is -2.58. The number of rotatable bonds is 10. The van der Waals surface area contributed by atoms with E-state index < -0.39 is 28.5 Å². The van der Waals surface area contributed by atoms with Crippen LogP contribution in [-0.2, 0) is 26.2 Å². The van der Waals surface area contributed by atoms with Gasteiger partial charge in [0.2, 0.25) is 21.8 Å². The molecule has 0 saturated heterocycles. The van der Waals surface area contributed by atoms with E-state index in [1.54, 1.807) is 18.2 Å². The lowest BCUT2D eigenvalue weighted by molar-refractivity contribution is -0.140. The predicted molar refractivity (Wildman–Crippen MR) is 133 cm³/mol. The number of nitrogens with one attached hydrogen (secondary N) is 1. The van der Waals surface area contributed by atoms with Gasteiger partial charge in [-0.2, -0.15) is 0 Å². The minimum atomic E-state index is -3.79. The predicted octanol–water partition coefficient (Wildman–Crippen LogP) is 3.75. The summed E-state index contributed by atoms with van der Waals surface area (Å²) < 4.78 is 26.1. The highest BCUT2D eigenvalue weighted by Gasteiger charge is 2.32. The standard InChI is InChI=1S/C24H32ClN3O4S/c1-6-22(24(30)26-17(2)3)27(15-19-10-7-9-18(4)13-19)23(29)16-28(33(5,31)32)21-12-8-11-20(25)14-21/h7-14,17,22H,6,15-16H2,1-5H3,(H,26,30)/t22-/m1/s1. The number of carbonyl (C=O) groups excluding carboxylic acids is 2. The highest BCUT2D eigenvalue weighted by atomic mass is 35.5. The zero-order valence-electron chi connectivity index (χ0n) is 19.7. The summed E-state index contributed by atoms with van der Waals surface area (Å²) in [5.41, 5.74) is 2.16. The molecule has 0 unspecified atom stereocenters. The Morgan fingerprint density at radius 2 is 1.76 bits per heavy atom. The van der Waals surface area contributed by atoms with Crippen LogP contribution in [0.2, 0.25) is 5.02 Å². The number of benzene rings is 2. The molecule has 0 spiro atoms. The van der Waals surface area contributed by atoms with Crippen molar-refractivity contribution < 1.29 is 18.0 Å². The molecule has 2 aromatic carbocycles. The van der Waals surface area contributed by atoms with Gasteiger partial charge >= 0.3 is 0 Å². The van der Waals surface area contributed by atoms with Gasteiger partial charge in [-0.25, -0.2) is 8.42 Å². The number of nitrogens with zero attached hydrogens (tertiary/aromatic N) is 2. The summed E-state index contributed by atoms with van der Waals surface area (Å²) in [6.45, 7) is 7.20. The van der Waals surface area contributed by atoms with Gasteiger partial charge in [0.15, 0.2) is 0 Å². The molecule has 2 rings (SSSR count). The van der Waals surface area contributed by atoms with E-state index in [2.05, 4.69) is 5.32 Å². The van der Waals surface area contributed by atoms with Gasteiger partial charge in [-0.15, -0.1) is 0 Å². The molecule has 1 N–H and O–H groups in total. The third-order valence-electron chi connectivity index (χ3n) is 5.03. The molecule has 2 aromatic rings. The van der Waals surface area contributed by atoms with Crippen LogP contribution in [0.4, 0.5) is 5.69 Å². The van der Waals surface area contributed by atoms with E-state index >= 15 is 0 Å². The van der Waals surface area contributed by atoms with Gasteiger partial charge < -0.3 is 10.2 Å². The third kappa shape index (κ3) is 7.75. The highest BCUT2D eigenvalue weighted by molar-refractivity contribution is 7.92. The van der Waals surface area contributed by atoms with Crippen LogP contribution in [0.25, 0.3) is 0 Å². The van der Waals surface area contributed by atoms with Crippen LogP contribution in [0.3, 0.4) is 0 Å². The van der Waals surface area contributed by atoms with Gasteiger partial charge in [-0.3, -0.25) is 13.9 Å². The van der Waals surface area contributed by atoms with Gasteiger partial charge in [0.1, 0.15) is 12.6 Å². The van der Waals surface area contributed by atoms with Gasteiger partial charge in [-0.1, -0.05) is 54.4 Å². The van der Waals surface area contributed by atoms with Crippen molar-refractivity contribution in [1.82, 2.24) is 10.2 Å². The Kier molecular flexibility index (Phi) is 9.31. The zero-order valence-corrected chi connectivity index (χ0v) is 21.3. The fourth-order valence-corrected chi connectivity index (χ4v) is 4.58. The van der Waals surface area contributed by atoms with Crippen molar-refractivity contribution in [2.45, 2.75) is 52.7 Å². The lowest BCUT2D eigenvalue weighted by Crippen LogP contribution is -2.53. The first-order chi connectivity index (χ1) is 15.4. The van der Waals surface area contributed by atoms with Crippen LogP contribution in [0.1, 0.15) is 38.3 Å². The van der Waals surface area contributed by atoms with Crippen molar-refractivity contribution in [2.24, 2.45) is 0 Å². The number of aryl methyl sites for hydroxylation is 1. The second-order valence-corrected chi connectivity index (χ2v) is 10.7. The Morgan fingerprint density at radius 1 is 1.09 bits per heavy atom. The Balaban J connectivity index is 2.44. The molecule has 7 nitrogen and oxygen atoms in total. The minimum absolute atomic E-state index is 0.0959. The average molecular weight is 494 g/mol. The number of hydrogen-bond donors (Lipinski definition) is 1. The van der Waals surface area contributed by atoms with E-state index in [1.165, 1.54) is 11.0 Å². The maximum Gasteiger partial charge on any atom is 0.244 e. The Bertz CT molecular complexity index is 1090. The molecule has 180 valence electrons. The van der Waals surface area contributed by atoms with Crippen molar-refractivity contribution in [3.05, 3.63) is 64.7 Å². The maximum atomic E-state index is 13.5. The molecule has 0 bridgehead atoms. The molecule has 0 heterocycles. The van der Waals surface area contributed by atoms with Gasteiger partial charge in [0.05, 0.1) is 11.9 Å². The smallest absolute Gasteiger partial charge is 0.244 e. The van der Waals surface area contributed by atoms with E-state index in [-0.39, 0.29) is 24.2 Å². The van der Waals surface area contributed by atoms with Crippen molar-refractivity contribution in [3.8, 4) is 0 Å². The van der Waals surface area contributed by atoms with E-state index in [9.17, 15) is 18.0 Å². The normalized spacial score (nSPS) is 12.3. The third-order valence-corrected chi connectivity index (χ3v) is 6.40. The van der Waals surface area contributed by atoms with Gasteiger partial charge in [0.25, 0.3) is 0 Å². The zero-order chi connectivity index (χ0) is 24.8. The number of halogens is 1. The minimum Gasteiger partial charge on any atom is -0.352 e. The molecule has 2 amide bonds. The maximum absolute atomic E-state index is 13.5. The second kappa shape index (κ2) is 11.5. The molecule has 0 aliphatic carbocycles. The topological polar surface area (TPSA) is 86.8 Å². The molecule has 0 aromatic heterocycles. The summed E-state index contributed by atoms with van der Waals surface area (Å²) >= 11 is 6.05. The van der Waals surface area contributed by atoms with Crippen molar-refractivity contribution in [2.75, 3.05) is 17.1 Å². The van der Waals surface area contributed by atoms with Gasteiger partial charge in [-0.05, 0) is 51.0 Å². The summed E-state index contributed by atoms with van der Waals surface area (Å²) in [5.74, 6) is -0.755. The Morgan fingerprint density at radius 3 is 2.30 bits per heavy atom. The Labute approximate surface area is 201 Å². The number of amides is 2. The molecule has 0 fully saturated rings. The molecular weight excluding hydrogens is 462 g/mol. The first-order valence-corrected chi connectivity index (χ1v) is 13.0. The largest absolute Gasteiger partial charge is 0.352 e. The lowest BCUT2D eigenvalue weighted by atomic mass is 10.1. The second-order valence-electron chi connectivity index (χ2n) is 8.35. The van der Waals surface area contributed by atoms with Crippen LogP contribution >= 0.6 is 11.6 Å². The van der Waals surface area contributed by atoms with E-state index in [1.807, 2.05) is 52.0 Å². The number of sulfonamides is 1. The van der Waals surface area contributed by atoms with E-state index in [0.29, 0.717) is 11.4 Å². The summed E-state index contributed by atoms with van der Waals surface area (Å²) in [5, 5.41) is 3.22. The summed E-state index contributed by atoms with van der Waals surface area (Å²) in [6, 6.07) is 13.1. The molecule has 9 heteroatoms. The fraction of sp³-hybridized carbons (Fsp3) is 0.417. The molecular formula is C24H32ClN3O4S. The molecule has 0 saturated carbocycles. The number of hydrogen-bond acceptors (Lipinski definition) is 4. The molecule has 0 aliphatic heterocycles. The van der Waals surface area contributed by atoms with Crippen molar-refractivity contribution in [1.29, 1.82) is 0 Å². The van der Waals surface area contributed by atoms with Crippen molar-refractivity contribution >= 4 is 39.1 Å². The number of carbonyl (C=O) groups is 2. The molecule has 0 radical (unpaired) electrons. The SMILES string of the molecule is CC[C@H](C(=O)NC(C)C)N(Cc1cccc(C)c1)C(=O)CN(c1cccc(Cl)c1)S(C)(=O)=O. The molecule has 1 atom stereocenters. The van der Waals surface area contributed by atoms with Crippen molar-refractivity contribution in [3.63, 3.8) is 0 Å².